The maximum absolute atomic E-state index is 12.8. The van der Waals surface area contributed by atoms with Gasteiger partial charge in [0.15, 0.2) is 11.7 Å². The molecule has 1 heterocycles. The average Bonchev–Trinajstić information content (AvgIpc) is 2.91. The normalized spacial score (nSPS) is 12.1. The molecule has 0 radical (unpaired) electrons. The third-order valence-electron chi connectivity index (χ3n) is 3.67. The highest BCUT2D eigenvalue weighted by atomic mass is 16.5. The summed E-state index contributed by atoms with van der Waals surface area (Å²) in [5.74, 6) is -2.40. The molecule has 6 heteroatoms. The van der Waals surface area contributed by atoms with Crippen molar-refractivity contribution in [3.05, 3.63) is 36.0 Å². The van der Waals surface area contributed by atoms with Crippen LogP contribution >= 0.6 is 0 Å². The fourth-order valence-electron chi connectivity index (χ4n) is 2.58. The lowest BCUT2D eigenvalue weighted by molar-refractivity contribution is -0.122. The Morgan fingerprint density at radius 1 is 1.33 bits per heavy atom. The van der Waals surface area contributed by atoms with Gasteiger partial charge in [0.2, 0.25) is 5.91 Å². The number of Topliss-reactive ketones (excluding diaryl/α,β-unsaturated/α-hetero) is 1. The SMILES string of the molecule is COCCn1cc(C(=O)[C@@H](C#N)C(=O)NC(C)C)c2ccccc21. The van der Waals surface area contributed by atoms with Crippen LogP contribution in [0.25, 0.3) is 10.9 Å². The van der Waals surface area contributed by atoms with Crippen molar-refractivity contribution in [3.63, 3.8) is 0 Å². The summed E-state index contributed by atoms with van der Waals surface area (Å²) in [6, 6.07) is 9.12. The Morgan fingerprint density at radius 3 is 2.67 bits per heavy atom. The second kappa shape index (κ2) is 7.75. The topological polar surface area (TPSA) is 84.1 Å². The molecule has 24 heavy (non-hydrogen) atoms. The van der Waals surface area contributed by atoms with E-state index >= 15 is 0 Å². The Labute approximate surface area is 141 Å². The van der Waals surface area contributed by atoms with Crippen LogP contribution in [0.15, 0.2) is 30.5 Å². The number of hydrogen-bond acceptors (Lipinski definition) is 4. The number of methoxy groups -OCH3 is 1. The van der Waals surface area contributed by atoms with Gasteiger partial charge < -0.3 is 14.6 Å². The minimum atomic E-state index is -1.35. The monoisotopic (exact) mass is 327 g/mol. The van der Waals surface area contributed by atoms with Crippen LogP contribution in [0.5, 0.6) is 0 Å². The fraction of sp³-hybridized carbons (Fsp3) is 0.389. The number of ketones is 1. The maximum atomic E-state index is 12.8. The van der Waals surface area contributed by atoms with E-state index in [0.717, 1.165) is 10.9 Å². The molecule has 1 atom stereocenters. The molecule has 0 bridgehead atoms. The molecule has 0 saturated heterocycles. The van der Waals surface area contributed by atoms with Crippen LogP contribution in [-0.4, -0.2) is 36.0 Å². The van der Waals surface area contributed by atoms with E-state index in [-0.39, 0.29) is 6.04 Å². The van der Waals surface area contributed by atoms with Crippen LogP contribution in [0.2, 0.25) is 0 Å². The predicted octanol–water partition coefficient (Wildman–Crippen LogP) is 2.13. The lowest BCUT2D eigenvalue weighted by atomic mass is 9.97. The van der Waals surface area contributed by atoms with Crippen LogP contribution in [0.1, 0.15) is 24.2 Å². The van der Waals surface area contributed by atoms with Gasteiger partial charge >= 0.3 is 0 Å². The first-order chi connectivity index (χ1) is 11.5. The molecule has 126 valence electrons. The van der Waals surface area contributed by atoms with Gasteiger partial charge in [-0.15, -0.1) is 0 Å². The van der Waals surface area contributed by atoms with Crippen molar-refractivity contribution in [2.24, 2.45) is 5.92 Å². The zero-order valence-electron chi connectivity index (χ0n) is 14.1. The Balaban J connectivity index is 2.41. The number of nitrogens with zero attached hydrogens (tertiary/aromatic N) is 2. The Bertz CT molecular complexity index is 786. The first kappa shape index (κ1) is 17.7. The molecule has 0 aliphatic carbocycles. The van der Waals surface area contributed by atoms with Crippen molar-refractivity contribution in [2.75, 3.05) is 13.7 Å². The van der Waals surface area contributed by atoms with E-state index in [1.165, 1.54) is 0 Å². The van der Waals surface area contributed by atoms with E-state index in [1.807, 2.05) is 34.9 Å². The molecule has 0 aliphatic heterocycles. The van der Waals surface area contributed by atoms with Gasteiger partial charge in [0, 0.05) is 42.4 Å². The lowest BCUT2D eigenvalue weighted by Gasteiger charge is -2.11. The number of nitriles is 1. The zero-order chi connectivity index (χ0) is 17.7. The van der Waals surface area contributed by atoms with Gasteiger partial charge in [-0.1, -0.05) is 18.2 Å². The van der Waals surface area contributed by atoms with Crippen LogP contribution in [0, 0.1) is 17.2 Å². The number of fused-ring (bicyclic) bond motifs is 1. The van der Waals surface area contributed by atoms with Gasteiger partial charge in [0.1, 0.15) is 0 Å². The van der Waals surface area contributed by atoms with Crippen molar-refractivity contribution in [3.8, 4) is 6.07 Å². The number of amides is 1. The van der Waals surface area contributed by atoms with Gasteiger partial charge in [-0.2, -0.15) is 5.26 Å². The Morgan fingerprint density at radius 2 is 2.04 bits per heavy atom. The van der Waals surface area contributed by atoms with Gasteiger partial charge in [0.25, 0.3) is 0 Å². The molecule has 1 aromatic heterocycles. The Kier molecular flexibility index (Phi) is 5.72. The number of carbonyl (C=O) groups excluding carboxylic acids is 2. The van der Waals surface area contributed by atoms with Crippen LogP contribution in [0.4, 0.5) is 0 Å². The van der Waals surface area contributed by atoms with Crippen molar-refractivity contribution in [1.29, 1.82) is 5.26 Å². The summed E-state index contributed by atoms with van der Waals surface area (Å²) in [7, 11) is 1.61. The zero-order valence-corrected chi connectivity index (χ0v) is 14.1. The highest BCUT2D eigenvalue weighted by Crippen LogP contribution is 2.24. The van der Waals surface area contributed by atoms with Gasteiger partial charge in [0.05, 0.1) is 12.7 Å². The molecule has 0 spiro atoms. The van der Waals surface area contributed by atoms with E-state index in [1.54, 1.807) is 27.2 Å². The minimum Gasteiger partial charge on any atom is -0.383 e. The molecule has 0 aliphatic rings. The fourth-order valence-corrected chi connectivity index (χ4v) is 2.58. The van der Waals surface area contributed by atoms with E-state index in [4.69, 9.17) is 4.74 Å². The molecular weight excluding hydrogens is 306 g/mol. The summed E-state index contributed by atoms with van der Waals surface area (Å²) in [6.45, 7) is 4.66. The Hall–Kier alpha value is -2.65. The summed E-state index contributed by atoms with van der Waals surface area (Å²) in [5, 5.41) is 12.7. The number of carbonyl (C=O) groups is 2. The quantitative estimate of drug-likeness (QED) is 0.624. The molecular formula is C18H21N3O3. The number of ether oxygens (including phenoxy) is 1. The van der Waals surface area contributed by atoms with Gasteiger partial charge in [-0.25, -0.2) is 0 Å². The third-order valence-corrected chi connectivity index (χ3v) is 3.67. The smallest absolute Gasteiger partial charge is 0.245 e. The summed E-state index contributed by atoms with van der Waals surface area (Å²) < 4.78 is 7.00. The second-order valence-corrected chi connectivity index (χ2v) is 5.84. The molecule has 2 aromatic rings. The molecule has 0 saturated carbocycles. The maximum Gasteiger partial charge on any atom is 0.245 e. The molecule has 0 fully saturated rings. The largest absolute Gasteiger partial charge is 0.383 e. The highest BCUT2D eigenvalue weighted by Gasteiger charge is 2.30. The van der Waals surface area contributed by atoms with Crippen LogP contribution < -0.4 is 5.32 Å². The minimum absolute atomic E-state index is 0.135. The number of nitrogens with one attached hydrogen (secondary N) is 1. The first-order valence-electron chi connectivity index (χ1n) is 7.80. The van der Waals surface area contributed by atoms with Crippen molar-refractivity contribution < 1.29 is 14.3 Å². The van der Waals surface area contributed by atoms with Gasteiger partial charge in [-0.05, 0) is 19.9 Å². The molecule has 2 rings (SSSR count). The summed E-state index contributed by atoms with van der Waals surface area (Å²) >= 11 is 0. The van der Waals surface area contributed by atoms with E-state index in [0.29, 0.717) is 18.7 Å². The number of para-hydroxylation sites is 1. The summed E-state index contributed by atoms with van der Waals surface area (Å²) in [6.07, 6.45) is 1.69. The van der Waals surface area contributed by atoms with Crippen molar-refractivity contribution in [2.45, 2.75) is 26.4 Å². The number of aromatic nitrogens is 1. The molecule has 1 amide bonds. The summed E-state index contributed by atoms with van der Waals surface area (Å²) in [4.78, 5) is 24.9. The van der Waals surface area contributed by atoms with Gasteiger partial charge in [-0.3, -0.25) is 9.59 Å². The molecule has 6 nitrogen and oxygen atoms in total. The lowest BCUT2D eigenvalue weighted by Crippen LogP contribution is -2.38. The van der Waals surface area contributed by atoms with Crippen LogP contribution in [-0.2, 0) is 16.1 Å². The van der Waals surface area contributed by atoms with Crippen molar-refractivity contribution in [1.82, 2.24) is 9.88 Å². The second-order valence-electron chi connectivity index (χ2n) is 5.84. The van der Waals surface area contributed by atoms with E-state index in [9.17, 15) is 14.9 Å². The predicted molar refractivity (Wildman–Crippen MR) is 90.5 cm³/mol. The molecule has 1 N–H and O–H groups in total. The van der Waals surface area contributed by atoms with E-state index < -0.39 is 17.6 Å². The third kappa shape index (κ3) is 3.63. The number of benzene rings is 1. The number of rotatable bonds is 7. The molecule has 1 aromatic carbocycles. The average molecular weight is 327 g/mol. The number of hydrogen-bond donors (Lipinski definition) is 1. The standard InChI is InChI=1S/C18H21N3O3/c1-12(2)20-18(23)14(10-19)17(22)15-11-21(8-9-24-3)16-7-5-4-6-13(15)16/h4-7,11-12,14H,8-9H2,1-3H3,(H,20,23)/t14-/m1/s1. The summed E-state index contributed by atoms with van der Waals surface area (Å²) in [5.41, 5.74) is 1.26. The highest BCUT2D eigenvalue weighted by molar-refractivity contribution is 6.17. The van der Waals surface area contributed by atoms with E-state index in [2.05, 4.69) is 5.32 Å². The first-order valence-corrected chi connectivity index (χ1v) is 7.80. The van der Waals surface area contributed by atoms with Crippen LogP contribution in [0.3, 0.4) is 0 Å². The molecule has 0 unspecified atom stereocenters. The van der Waals surface area contributed by atoms with Crippen molar-refractivity contribution >= 4 is 22.6 Å².